The monoisotopic (exact) mass is 1070 g/mol. The van der Waals surface area contributed by atoms with E-state index in [0.717, 1.165) is 53.2 Å². The lowest BCUT2D eigenvalue weighted by Crippen LogP contribution is -2.35. The van der Waals surface area contributed by atoms with Gasteiger partial charge in [0.1, 0.15) is 5.75 Å². The molecule has 0 saturated carbocycles. The van der Waals surface area contributed by atoms with E-state index in [1.54, 1.807) is 19.2 Å². The van der Waals surface area contributed by atoms with Crippen molar-refractivity contribution in [2.75, 3.05) is 60.7 Å². The van der Waals surface area contributed by atoms with Crippen LogP contribution in [0, 0.1) is 82.9 Å². The summed E-state index contributed by atoms with van der Waals surface area (Å²) in [7, 11) is 3.16. The molecule has 0 amide bonds. The number of aryl methyl sites for hydroxylation is 6. The molecule has 0 radical (unpaired) electrons. The first-order valence-electron chi connectivity index (χ1n) is 27.7. The van der Waals surface area contributed by atoms with Crippen molar-refractivity contribution < 1.29 is 54.0 Å². The van der Waals surface area contributed by atoms with Crippen molar-refractivity contribution in [2.24, 2.45) is 35.5 Å². The maximum Gasteiger partial charge on any atom is 0.231 e. The summed E-state index contributed by atoms with van der Waals surface area (Å²) in [4.78, 5) is 0. The number of methoxy groups -OCH3 is 2. The van der Waals surface area contributed by atoms with Crippen LogP contribution in [0.1, 0.15) is 128 Å². The minimum Gasteiger partial charge on any atom is -0.496 e. The van der Waals surface area contributed by atoms with E-state index >= 15 is 0 Å². The van der Waals surface area contributed by atoms with Crippen molar-refractivity contribution in [1.82, 2.24) is 0 Å². The summed E-state index contributed by atoms with van der Waals surface area (Å²) in [6.45, 7) is 19.8. The smallest absolute Gasteiger partial charge is 0.231 e. The molecule has 0 bridgehead atoms. The van der Waals surface area contributed by atoms with Gasteiger partial charge in [-0.3, -0.25) is 0 Å². The van der Waals surface area contributed by atoms with E-state index in [1.165, 1.54) is 85.5 Å². The summed E-state index contributed by atoms with van der Waals surface area (Å²) in [5, 5.41) is 60.2. The van der Waals surface area contributed by atoms with E-state index in [1.807, 2.05) is 18.2 Å². The molecule has 6 N–H and O–H groups in total. The lowest BCUT2D eigenvalue weighted by atomic mass is 9.66. The molecule has 418 valence electrons. The molecule has 6 aromatic carbocycles. The largest absolute Gasteiger partial charge is 0.496 e. The van der Waals surface area contributed by atoms with Gasteiger partial charge in [-0.1, -0.05) is 81.4 Å². The molecule has 11 heteroatoms. The van der Waals surface area contributed by atoms with Crippen LogP contribution in [0.4, 0.5) is 4.39 Å². The zero-order chi connectivity index (χ0) is 56.3. The van der Waals surface area contributed by atoms with Crippen LogP contribution >= 0.6 is 0 Å². The topological polar surface area (TPSA) is 158 Å². The average Bonchev–Trinajstić information content (AvgIpc) is 4.03. The Labute approximate surface area is 461 Å². The number of benzene rings is 6. The molecule has 1 aliphatic heterocycles. The van der Waals surface area contributed by atoms with Crippen LogP contribution in [0.5, 0.6) is 23.0 Å². The van der Waals surface area contributed by atoms with Gasteiger partial charge in [0.2, 0.25) is 6.79 Å². The highest BCUT2D eigenvalue weighted by molar-refractivity contribution is 5.53. The first-order valence-corrected chi connectivity index (χ1v) is 27.7. The normalized spacial score (nSPS) is 22.9. The van der Waals surface area contributed by atoms with Gasteiger partial charge in [0, 0.05) is 57.4 Å². The highest BCUT2D eigenvalue weighted by atomic mass is 19.1. The number of aliphatic hydroxyl groups is 6. The summed E-state index contributed by atoms with van der Waals surface area (Å²) < 4.78 is 35.6. The second kappa shape index (κ2) is 24.7. The Morgan fingerprint density at radius 2 is 0.821 bits per heavy atom. The Balaban J connectivity index is 0.000000155. The van der Waals surface area contributed by atoms with Crippen molar-refractivity contribution in [3.63, 3.8) is 0 Å². The van der Waals surface area contributed by atoms with Crippen LogP contribution in [0.15, 0.2) is 91.0 Å². The molecule has 1 heterocycles. The molecule has 9 atom stereocenters. The SMILES string of the molecule is COc1cc(C2c3cc(C)c(C)cc3C[C@H](CO)[C@H]2CO)ccc1F.COc1ccc(C2c3cc(C)c(C)cc3C[C@H](CO)[C@H]2CO)cc1C(C)(C)C.Cc1cc2c(cc1C)C(c1ccc3c(c1)OCO3)[C@H](CO)[C@@H](CO)C2. The van der Waals surface area contributed by atoms with Crippen LogP contribution in [-0.4, -0.2) is 91.3 Å². The first kappa shape index (κ1) is 58.4. The minimum absolute atomic E-state index is 0.000759. The van der Waals surface area contributed by atoms with Gasteiger partial charge in [-0.05, 0) is 221 Å². The third-order valence-electron chi connectivity index (χ3n) is 17.8. The molecule has 78 heavy (non-hydrogen) atoms. The molecule has 3 unspecified atom stereocenters. The second-order valence-electron chi connectivity index (χ2n) is 23.5. The summed E-state index contributed by atoms with van der Waals surface area (Å²) in [6, 6.07) is 30.7. The van der Waals surface area contributed by atoms with Crippen LogP contribution in [0.3, 0.4) is 0 Å². The Morgan fingerprint density at radius 3 is 1.22 bits per heavy atom. The second-order valence-corrected chi connectivity index (χ2v) is 23.5. The number of ether oxygens (including phenoxy) is 4. The van der Waals surface area contributed by atoms with Crippen molar-refractivity contribution in [1.29, 1.82) is 0 Å². The van der Waals surface area contributed by atoms with Crippen molar-refractivity contribution in [3.05, 3.63) is 186 Å². The van der Waals surface area contributed by atoms with E-state index in [9.17, 15) is 35.0 Å². The molecule has 0 saturated heterocycles. The number of fused-ring (bicyclic) bond motifs is 4. The van der Waals surface area contributed by atoms with E-state index in [2.05, 4.69) is 117 Å². The van der Waals surface area contributed by atoms with Crippen molar-refractivity contribution in [2.45, 2.75) is 105 Å². The van der Waals surface area contributed by atoms with Crippen LogP contribution < -0.4 is 18.9 Å². The fourth-order valence-corrected chi connectivity index (χ4v) is 13.0. The van der Waals surface area contributed by atoms with Crippen LogP contribution in [-0.2, 0) is 24.7 Å². The Kier molecular flexibility index (Phi) is 18.5. The third-order valence-corrected chi connectivity index (χ3v) is 17.8. The van der Waals surface area contributed by atoms with E-state index in [0.29, 0.717) is 0 Å². The predicted molar refractivity (Wildman–Crippen MR) is 305 cm³/mol. The minimum atomic E-state index is -0.401. The van der Waals surface area contributed by atoms with Gasteiger partial charge in [-0.25, -0.2) is 4.39 Å². The summed E-state index contributed by atoms with van der Waals surface area (Å²) >= 11 is 0. The molecule has 6 aromatic rings. The molecule has 0 fully saturated rings. The van der Waals surface area contributed by atoms with Gasteiger partial charge < -0.3 is 49.6 Å². The number of aliphatic hydroxyl groups excluding tert-OH is 6. The summed E-state index contributed by atoms with van der Waals surface area (Å²) in [5.74, 6) is 2.18. The predicted octanol–water partition coefficient (Wildman–Crippen LogP) is 10.8. The number of hydrogen-bond acceptors (Lipinski definition) is 10. The zero-order valence-electron chi connectivity index (χ0n) is 47.6. The summed E-state index contributed by atoms with van der Waals surface area (Å²) in [5.41, 5.74) is 19.2. The van der Waals surface area contributed by atoms with E-state index in [-0.39, 0.29) is 111 Å². The van der Waals surface area contributed by atoms with Crippen LogP contribution in [0.25, 0.3) is 0 Å². The van der Waals surface area contributed by atoms with E-state index in [4.69, 9.17) is 18.9 Å². The van der Waals surface area contributed by atoms with Gasteiger partial charge in [-0.2, -0.15) is 0 Å². The van der Waals surface area contributed by atoms with Gasteiger partial charge >= 0.3 is 0 Å². The summed E-state index contributed by atoms with van der Waals surface area (Å²) in [6.07, 6.45) is 2.36. The maximum atomic E-state index is 13.9. The van der Waals surface area contributed by atoms with Gasteiger partial charge in [0.25, 0.3) is 0 Å². The lowest BCUT2D eigenvalue weighted by Gasteiger charge is -2.39. The fourth-order valence-electron chi connectivity index (χ4n) is 13.0. The quantitative estimate of drug-likeness (QED) is 0.0738. The van der Waals surface area contributed by atoms with Gasteiger partial charge in [0.05, 0.1) is 14.2 Å². The van der Waals surface area contributed by atoms with Crippen LogP contribution in [0.2, 0.25) is 0 Å². The van der Waals surface area contributed by atoms with Crippen molar-refractivity contribution in [3.8, 4) is 23.0 Å². The van der Waals surface area contributed by atoms with Gasteiger partial charge in [0.15, 0.2) is 23.1 Å². The Bertz CT molecular complexity index is 2980. The molecular weight excluding hydrogens is 984 g/mol. The first-order chi connectivity index (χ1) is 37.3. The number of hydrogen-bond donors (Lipinski definition) is 6. The molecule has 10 nitrogen and oxygen atoms in total. The zero-order valence-corrected chi connectivity index (χ0v) is 47.6. The standard InChI is InChI=1S/C25H34O3.C21H25FO3.C21H24O4/c1-15-9-18-11-19(13-26)21(14-27)24(20(18)10-16(15)2)17-7-8-23(28-6)22(12-17)25(3,4)5;1-12-6-15-8-16(10-23)18(11-24)21(17(15)7-13(12)2)14-4-5-19(22)20(9-14)25-3;1-12-5-15-7-16(9-22)18(10-23)21(17(15)6-13(12)2)14-3-4-19-20(8-14)25-11-24-19/h7-10,12,19,21,24,26-27H,11,13-14H2,1-6H3;4-7,9,16,18,21,23-24H,8,10-11H2,1-3H3;3-6,8,16,18,21-23H,7,9-11H2,1-2H3/t19-,21-,24?;2*16-,18-,21?/m111/s1. The maximum absolute atomic E-state index is 13.9. The Morgan fingerprint density at radius 1 is 0.449 bits per heavy atom. The molecule has 0 spiro atoms. The Hall–Kier alpha value is -5.79. The number of rotatable bonds is 11. The molecule has 0 aromatic heterocycles. The highest BCUT2D eigenvalue weighted by Gasteiger charge is 2.41. The van der Waals surface area contributed by atoms with Crippen molar-refractivity contribution >= 4 is 0 Å². The fraction of sp³-hybridized carbons (Fsp3) is 0.463. The average molecular weight is 1070 g/mol. The highest BCUT2D eigenvalue weighted by Crippen LogP contribution is 2.49. The number of halogens is 1. The van der Waals surface area contributed by atoms with Gasteiger partial charge in [-0.15, -0.1) is 0 Å². The van der Waals surface area contributed by atoms with E-state index < -0.39 is 5.82 Å². The molecular formula is C67H83FO10. The third kappa shape index (κ3) is 11.7. The molecule has 3 aliphatic carbocycles. The molecule has 4 aliphatic rings. The lowest BCUT2D eigenvalue weighted by molar-refractivity contribution is 0.101. The molecule has 10 rings (SSSR count).